The molecular weight excluding hydrogens is 428 g/mol. The van der Waals surface area contributed by atoms with Gasteiger partial charge in [0.1, 0.15) is 5.39 Å². The number of H-pyrrole nitrogens is 1. The molecule has 0 atom stereocenters. The van der Waals surface area contributed by atoms with Gasteiger partial charge in [-0.05, 0) is 29.8 Å². The molecule has 0 radical (unpaired) electrons. The predicted molar refractivity (Wildman–Crippen MR) is 123 cm³/mol. The Morgan fingerprint density at radius 1 is 1.03 bits per heavy atom. The maximum absolute atomic E-state index is 12.7. The van der Waals surface area contributed by atoms with Gasteiger partial charge in [-0.15, -0.1) is 0 Å². The molecule has 0 aliphatic carbocycles. The Labute approximate surface area is 189 Å². The molecule has 1 N–H and O–H groups in total. The number of amides is 1. The van der Waals surface area contributed by atoms with Gasteiger partial charge in [-0.2, -0.15) is 10.1 Å². The van der Waals surface area contributed by atoms with Crippen LogP contribution in [0.15, 0.2) is 65.6 Å². The van der Waals surface area contributed by atoms with E-state index in [9.17, 15) is 9.59 Å². The summed E-state index contributed by atoms with van der Waals surface area (Å²) < 4.78 is 1.67. The van der Waals surface area contributed by atoms with Gasteiger partial charge in [0.05, 0.1) is 18.3 Å². The van der Waals surface area contributed by atoms with Crippen LogP contribution in [0.1, 0.15) is 5.56 Å². The van der Waals surface area contributed by atoms with Crippen LogP contribution in [0, 0.1) is 0 Å². The number of carbonyl (C=O) groups is 1. The highest BCUT2D eigenvalue weighted by molar-refractivity contribution is 6.30. The topological polar surface area (TPSA) is 87.1 Å². The van der Waals surface area contributed by atoms with Gasteiger partial charge < -0.3 is 9.80 Å². The van der Waals surface area contributed by atoms with Crippen LogP contribution in [0.25, 0.3) is 16.7 Å². The summed E-state index contributed by atoms with van der Waals surface area (Å²) in [6, 6.07) is 16.9. The zero-order chi connectivity index (χ0) is 22.1. The Kier molecular flexibility index (Phi) is 5.36. The molecule has 4 aromatic rings. The number of nitrogens with zero attached hydrogens (tertiary/aromatic N) is 5. The first-order chi connectivity index (χ1) is 15.6. The molecule has 32 heavy (non-hydrogen) atoms. The molecule has 8 nitrogen and oxygen atoms in total. The van der Waals surface area contributed by atoms with Crippen molar-refractivity contribution in [3.8, 4) is 5.69 Å². The van der Waals surface area contributed by atoms with Crippen molar-refractivity contribution in [1.29, 1.82) is 0 Å². The van der Waals surface area contributed by atoms with Crippen LogP contribution in [0.5, 0.6) is 0 Å². The number of anilines is 1. The highest BCUT2D eigenvalue weighted by Crippen LogP contribution is 2.18. The summed E-state index contributed by atoms with van der Waals surface area (Å²) in [5, 5.41) is 5.41. The summed E-state index contributed by atoms with van der Waals surface area (Å²) in [4.78, 5) is 36.7. The first-order valence-electron chi connectivity index (χ1n) is 10.4. The summed E-state index contributed by atoms with van der Waals surface area (Å²) in [5.41, 5.74) is 2.01. The number of carbonyl (C=O) groups excluding carboxylic acids is 1. The summed E-state index contributed by atoms with van der Waals surface area (Å²) in [6.07, 6.45) is 1.85. The maximum Gasteiger partial charge on any atom is 0.263 e. The molecule has 1 aliphatic heterocycles. The highest BCUT2D eigenvalue weighted by Gasteiger charge is 2.23. The number of hydrogen-bond acceptors (Lipinski definition) is 5. The molecule has 0 spiro atoms. The fraction of sp³-hybridized carbons (Fsp3) is 0.217. The lowest BCUT2D eigenvalue weighted by Crippen LogP contribution is -2.50. The Bertz CT molecular complexity index is 1330. The zero-order valence-electron chi connectivity index (χ0n) is 17.2. The molecule has 0 unspecified atom stereocenters. The van der Waals surface area contributed by atoms with Gasteiger partial charge in [0.15, 0.2) is 5.65 Å². The van der Waals surface area contributed by atoms with Crippen molar-refractivity contribution >= 4 is 34.5 Å². The SMILES string of the molecule is O=C(Cc1cccc(Cl)c1)N1CCN(c2nc3c(cnn3-c3ccccc3)c(=O)[nH]2)CC1. The smallest absolute Gasteiger partial charge is 0.263 e. The van der Waals surface area contributed by atoms with E-state index in [-0.39, 0.29) is 11.5 Å². The van der Waals surface area contributed by atoms with Crippen LogP contribution in [-0.4, -0.2) is 56.7 Å². The van der Waals surface area contributed by atoms with Gasteiger partial charge in [0, 0.05) is 31.2 Å². The van der Waals surface area contributed by atoms with E-state index < -0.39 is 0 Å². The fourth-order valence-corrected chi connectivity index (χ4v) is 4.13. The molecule has 1 amide bonds. The predicted octanol–water partition coefficient (Wildman–Crippen LogP) is 2.65. The van der Waals surface area contributed by atoms with E-state index in [1.807, 2.05) is 58.3 Å². The van der Waals surface area contributed by atoms with Gasteiger partial charge in [0.25, 0.3) is 5.56 Å². The first-order valence-corrected chi connectivity index (χ1v) is 10.8. The van der Waals surface area contributed by atoms with Crippen LogP contribution >= 0.6 is 11.6 Å². The number of aromatic nitrogens is 4. The molecular formula is C23H21ClN6O2. The Morgan fingerprint density at radius 3 is 2.56 bits per heavy atom. The third-order valence-electron chi connectivity index (χ3n) is 5.60. The van der Waals surface area contributed by atoms with Crippen molar-refractivity contribution in [3.05, 3.63) is 81.7 Å². The van der Waals surface area contributed by atoms with E-state index in [0.29, 0.717) is 54.6 Å². The number of benzene rings is 2. The lowest BCUT2D eigenvalue weighted by Gasteiger charge is -2.35. The van der Waals surface area contributed by atoms with Crippen molar-refractivity contribution in [2.75, 3.05) is 31.1 Å². The lowest BCUT2D eigenvalue weighted by atomic mass is 10.1. The van der Waals surface area contributed by atoms with Crippen LogP contribution in [0.3, 0.4) is 0 Å². The molecule has 9 heteroatoms. The van der Waals surface area contributed by atoms with E-state index in [4.69, 9.17) is 16.6 Å². The van der Waals surface area contributed by atoms with Crippen molar-refractivity contribution < 1.29 is 4.79 Å². The van der Waals surface area contributed by atoms with E-state index in [1.54, 1.807) is 10.7 Å². The molecule has 1 aliphatic rings. The average Bonchev–Trinajstić information content (AvgIpc) is 3.24. The number of fused-ring (bicyclic) bond motifs is 1. The molecule has 5 rings (SSSR count). The van der Waals surface area contributed by atoms with Crippen molar-refractivity contribution in [2.45, 2.75) is 6.42 Å². The average molecular weight is 449 g/mol. The van der Waals surface area contributed by atoms with E-state index >= 15 is 0 Å². The summed E-state index contributed by atoms with van der Waals surface area (Å²) in [7, 11) is 0. The molecule has 1 saturated heterocycles. The van der Waals surface area contributed by atoms with Gasteiger partial charge in [-0.1, -0.05) is 41.9 Å². The van der Waals surface area contributed by atoms with Crippen molar-refractivity contribution in [3.63, 3.8) is 0 Å². The quantitative estimate of drug-likeness (QED) is 0.518. The van der Waals surface area contributed by atoms with Gasteiger partial charge in [0.2, 0.25) is 11.9 Å². The van der Waals surface area contributed by atoms with E-state index in [2.05, 4.69) is 10.1 Å². The number of nitrogens with one attached hydrogen (secondary N) is 1. The minimum Gasteiger partial charge on any atom is -0.339 e. The largest absolute Gasteiger partial charge is 0.339 e. The van der Waals surface area contributed by atoms with Crippen LogP contribution in [0.2, 0.25) is 5.02 Å². The first kappa shape index (κ1) is 20.3. The summed E-state index contributed by atoms with van der Waals surface area (Å²) >= 11 is 6.02. The fourth-order valence-electron chi connectivity index (χ4n) is 3.92. The number of hydrogen-bond donors (Lipinski definition) is 1. The maximum atomic E-state index is 12.7. The standard InChI is InChI=1S/C23H21ClN6O2/c24-17-6-4-5-16(13-17)14-20(31)28-9-11-29(12-10-28)23-26-21-19(22(32)27-23)15-25-30(21)18-7-2-1-3-8-18/h1-8,13,15H,9-12,14H2,(H,26,27,32). The number of rotatable bonds is 4. The van der Waals surface area contributed by atoms with E-state index in [1.165, 1.54) is 6.20 Å². The Hall–Kier alpha value is -3.65. The second kappa shape index (κ2) is 8.47. The normalized spacial score (nSPS) is 14.2. The van der Waals surface area contributed by atoms with Crippen LogP contribution in [-0.2, 0) is 11.2 Å². The molecule has 2 aromatic carbocycles. The number of piperazine rings is 1. The monoisotopic (exact) mass is 448 g/mol. The summed E-state index contributed by atoms with van der Waals surface area (Å²) in [6.45, 7) is 2.27. The minimum atomic E-state index is -0.230. The molecule has 2 aromatic heterocycles. The van der Waals surface area contributed by atoms with Crippen LogP contribution in [0.4, 0.5) is 5.95 Å². The molecule has 162 valence electrons. The van der Waals surface area contributed by atoms with Crippen LogP contribution < -0.4 is 10.5 Å². The second-order valence-corrected chi connectivity index (χ2v) is 8.13. The Balaban J connectivity index is 1.33. The lowest BCUT2D eigenvalue weighted by molar-refractivity contribution is -0.130. The van der Waals surface area contributed by atoms with Gasteiger partial charge in [-0.3, -0.25) is 14.6 Å². The van der Waals surface area contributed by atoms with Crippen molar-refractivity contribution in [2.24, 2.45) is 0 Å². The molecule has 3 heterocycles. The van der Waals surface area contributed by atoms with E-state index in [0.717, 1.165) is 11.3 Å². The third-order valence-corrected chi connectivity index (χ3v) is 5.84. The number of para-hydroxylation sites is 1. The zero-order valence-corrected chi connectivity index (χ0v) is 18.0. The minimum absolute atomic E-state index is 0.0611. The Morgan fingerprint density at radius 2 is 1.81 bits per heavy atom. The van der Waals surface area contributed by atoms with Gasteiger partial charge >= 0.3 is 0 Å². The second-order valence-electron chi connectivity index (χ2n) is 7.69. The van der Waals surface area contributed by atoms with Crippen molar-refractivity contribution in [1.82, 2.24) is 24.6 Å². The third kappa shape index (κ3) is 3.97. The number of halogens is 1. The molecule has 1 fully saturated rings. The summed E-state index contributed by atoms with van der Waals surface area (Å²) in [5.74, 6) is 0.549. The number of aromatic amines is 1. The molecule has 0 bridgehead atoms. The van der Waals surface area contributed by atoms with Gasteiger partial charge in [-0.25, -0.2) is 4.68 Å². The highest BCUT2D eigenvalue weighted by atomic mass is 35.5. The molecule has 0 saturated carbocycles.